The third-order valence-corrected chi connectivity index (χ3v) is 2.53. The van der Waals surface area contributed by atoms with Crippen molar-refractivity contribution in [3.63, 3.8) is 0 Å². The van der Waals surface area contributed by atoms with Crippen LogP contribution in [-0.4, -0.2) is 32.0 Å². The summed E-state index contributed by atoms with van der Waals surface area (Å²) in [6.45, 7) is 0.185. The zero-order valence-corrected chi connectivity index (χ0v) is 7.92. The molecule has 0 aromatic carbocycles. The zero-order valence-electron chi connectivity index (χ0n) is 9.92. The molecular weight excluding hydrogens is 166 g/mol. The molecular formula is C10H19NO2. The van der Waals surface area contributed by atoms with Gasteiger partial charge in [-0.3, -0.25) is 0 Å². The van der Waals surface area contributed by atoms with Crippen molar-refractivity contribution in [3.8, 4) is 0 Å². The molecule has 3 heteroatoms. The Morgan fingerprint density at radius 1 is 1.31 bits per heavy atom. The lowest BCUT2D eigenvalue weighted by Crippen LogP contribution is -2.36. The summed E-state index contributed by atoms with van der Waals surface area (Å²) in [5.74, 6) is 0. The number of ether oxygens (including phenoxy) is 2. The predicted molar refractivity (Wildman–Crippen MR) is 50.6 cm³/mol. The van der Waals surface area contributed by atoms with Crippen molar-refractivity contribution in [1.82, 2.24) is 5.32 Å². The molecule has 0 aromatic heterocycles. The van der Waals surface area contributed by atoms with Gasteiger partial charge in [0, 0.05) is 9.35 Å². The Morgan fingerprint density at radius 3 is 3.08 bits per heavy atom. The molecule has 0 aliphatic carbocycles. The summed E-state index contributed by atoms with van der Waals surface area (Å²) >= 11 is 0. The molecule has 2 heterocycles. The summed E-state index contributed by atoms with van der Waals surface area (Å²) < 4.78 is 26.5. The van der Waals surface area contributed by atoms with E-state index in [1.807, 2.05) is 0 Å². The molecule has 0 aromatic rings. The van der Waals surface area contributed by atoms with E-state index in [2.05, 4.69) is 5.32 Å². The van der Waals surface area contributed by atoms with Gasteiger partial charge in [0.05, 0.1) is 6.10 Å². The van der Waals surface area contributed by atoms with Gasteiger partial charge < -0.3 is 14.8 Å². The van der Waals surface area contributed by atoms with E-state index in [0.29, 0.717) is 13.0 Å². The SMILES string of the molecule is [2H]C1([2H])CC(OC2CCCCO2)CCN1. The molecule has 2 aliphatic rings. The largest absolute Gasteiger partial charge is 0.353 e. The lowest BCUT2D eigenvalue weighted by atomic mass is 10.1. The van der Waals surface area contributed by atoms with E-state index >= 15 is 0 Å². The van der Waals surface area contributed by atoms with Crippen LogP contribution in [0.2, 0.25) is 0 Å². The van der Waals surface area contributed by atoms with E-state index in [4.69, 9.17) is 12.2 Å². The molecule has 2 atom stereocenters. The van der Waals surface area contributed by atoms with Gasteiger partial charge >= 0.3 is 0 Å². The van der Waals surface area contributed by atoms with Gasteiger partial charge in [-0.25, -0.2) is 0 Å². The van der Waals surface area contributed by atoms with Crippen molar-refractivity contribution < 1.29 is 12.2 Å². The highest BCUT2D eigenvalue weighted by molar-refractivity contribution is 4.69. The second kappa shape index (κ2) is 4.94. The minimum Gasteiger partial charge on any atom is -0.353 e. The fraction of sp³-hybridized carbons (Fsp3) is 1.00. The van der Waals surface area contributed by atoms with E-state index in [1.165, 1.54) is 0 Å². The van der Waals surface area contributed by atoms with E-state index < -0.39 is 6.50 Å². The molecule has 0 amide bonds. The number of rotatable bonds is 2. The maximum Gasteiger partial charge on any atom is 0.157 e. The Bertz CT molecular complexity index is 208. The van der Waals surface area contributed by atoms with Crippen LogP contribution in [0.1, 0.15) is 34.8 Å². The molecule has 0 bridgehead atoms. The summed E-state index contributed by atoms with van der Waals surface area (Å²) in [6.07, 6.45) is 4.43. The maximum absolute atomic E-state index is 7.61. The van der Waals surface area contributed by atoms with Crippen molar-refractivity contribution in [3.05, 3.63) is 0 Å². The van der Waals surface area contributed by atoms with E-state index in [-0.39, 0.29) is 12.4 Å². The van der Waals surface area contributed by atoms with Gasteiger partial charge in [0.2, 0.25) is 0 Å². The normalized spacial score (nSPS) is 42.2. The van der Waals surface area contributed by atoms with Crippen LogP contribution in [0.5, 0.6) is 0 Å². The van der Waals surface area contributed by atoms with Gasteiger partial charge in [0.25, 0.3) is 0 Å². The Morgan fingerprint density at radius 2 is 2.31 bits per heavy atom. The fourth-order valence-electron chi connectivity index (χ4n) is 1.76. The zero-order chi connectivity index (χ0) is 10.7. The summed E-state index contributed by atoms with van der Waals surface area (Å²) in [4.78, 5) is 0. The molecule has 0 saturated carbocycles. The fourth-order valence-corrected chi connectivity index (χ4v) is 1.76. The molecule has 2 fully saturated rings. The summed E-state index contributed by atoms with van der Waals surface area (Å²) in [5, 5.41) is 2.84. The Labute approximate surface area is 82.6 Å². The van der Waals surface area contributed by atoms with Gasteiger partial charge in [-0.05, 0) is 45.1 Å². The average Bonchev–Trinajstić information content (AvgIpc) is 2.17. The van der Waals surface area contributed by atoms with Crippen LogP contribution in [0, 0.1) is 0 Å². The summed E-state index contributed by atoms with van der Waals surface area (Å²) in [7, 11) is 0. The minimum absolute atomic E-state index is 0.00403. The summed E-state index contributed by atoms with van der Waals surface area (Å²) in [5.41, 5.74) is 0. The number of hydrogen-bond acceptors (Lipinski definition) is 3. The number of hydrogen-bond donors (Lipinski definition) is 1. The molecule has 0 spiro atoms. The molecule has 1 N–H and O–H groups in total. The highest BCUT2D eigenvalue weighted by Crippen LogP contribution is 2.18. The number of nitrogens with one attached hydrogen (secondary N) is 1. The highest BCUT2D eigenvalue weighted by atomic mass is 16.7. The number of piperidine rings is 1. The van der Waals surface area contributed by atoms with Gasteiger partial charge in [-0.1, -0.05) is 0 Å². The van der Waals surface area contributed by atoms with Crippen molar-refractivity contribution in [2.45, 2.75) is 44.5 Å². The van der Waals surface area contributed by atoms with Crippen LogP contribution < -0.4 is 5.32 Å². The van der Waals surface area contributed by atoms with Crippen molar-refractivity contribution in [2.75, 3.05) is 19.6 Å². The average molecular weight is 187 g/mol. The van der Waals surface area contributed by atoms with Crippen LogP contribution in [0.25, 0.3) is 0 Å². The molecule has 13 heavy (non-hydrogen) atoms. The van der Waals surface area contributed by atoms with Crippen LogP contribution in [0.3, 0.4) is 0 Å². The van der Waals surface area contributed by atoms with Crippen molar-refractivity contribution >= 4 is 0 Å². The van der Waals surface area contributed by atoms with Gasteiger partial charge in [0.15, 0.2) is 6.29 Å². The van der Waals surface area contributed by atoms with Crippen LogP contribution in [-0.2, 0) is 9.47 Å². The maximum atomic E-state index is 7.61. The molecule has 0 radical (unpaired) electrons. The van der Waals surface area contributed by atoms with Gasteiger partial charge in [0.1, 0.15) is 0 Å². The molecule has 2 unspecified atom stereocenters. The van der Waals surface area contributed by atoms with Crippen LogP contribution in [0.4, 0.5) is 0 Å². The molecule has 76 valence electrons. The molecule has 2 saturated heterocycles. The standard InChI is InChI=1S/C10H19NO2/c1-2-8-12-10(3-1)13-9-4-6-11-7-5-9/h9-11H,1-8H2/i6D2. The van der Waals surface area contributed by atoms with E-state index in [1.54, 1.807) is 0 Å². The van der Waals surface area contributed by atoms with E-state index in [9.17, 15) is 0 Å². The smallest absolute Gasteiger partial charge is 0.157 e. The quantitative estimate of drug-likeness (QED) is 0.706. The van der Waals surface area contributed by atoms with Crippen molar-refractivity contribution in [1.29, 1.82) is 0 Å². The topological polar surface area (TPSA) is 30.5 Å². The lowest BCUT2D eigenvalue weighted by Gasteiger charge is -2.30. The molecule has 2 aliphatic heterocycles. The van der Waals surface area contributed by atoms with Gasteiger partial charge in [-0.15, -0.1) is 0 Å². The third-order valence-electron chi connectivity index (χ3n) is 2.53. The third kappa shape index (κ3) is 2.93. The second-order valence-electron chi connectivity index (χ2n) is 3.65. The summed E-state index contributed by atoms with van der Waals surface area (Å²) in [6, 6.07) is 0. The first-order valence-corrected chi connectivity index (χ1v) is 5.18. The van der Waals surface area contributed by atoms with Crippen LogP contribution in [0.15, 0.2) is 0 Å². The van der Waals surface area contributed by atoms with Crippen molar-refractivity contribution in [2.24, 2.45) is 0 Å². The first kappa shape index (κ1) is 7.21. The van der Waals surface area contributed by atoms with Crippen LogP contribution >= 0.6 is 0 Å². The Kier molecular flexibility index (Phi) is 2.74. The highest BCUT2D eigenvalue weighted by Gasteiger charge is 2.20. The Hall–Kier alpha value is -0.120. The first-order chi connectivity index (χ1) is 7.16. The minimum atomic E-state index is -1.28. The Balaban J connectivity index is 1.78. The monoisotopic (exact) mass is 187 g/mol. The molecule has 2 rings (SSSR count). The second-order valence-corrected chi connectivity index (χ2v) is 3.65. The lowest BCUT2D eigenvalue weighted by molar-refractivity contribution is -0.191. The van der Waals surface area contributed by atoms with E-state index in [0.717, 1.165) is 32.3 Å². The predicted octanol–water partition coefficient (Wildman–Crippen LogP) is 1.28. The first-order valence-electron chi connectivity index (χ1n) is 6.18. The van der Waals surface area contributed by atoms with Gasteiger partial charge in [-0.2, -0.15) is 0 Å². The molecule has 3 nitrogen and oxygen atoms in total.